The zero-order chi connectivity index (χ0) is 13.4. The quantitative estimate of drug-likeness (QED) is 0.827. The standard InChI is InChI=1S/C15H16N2O2/c1-10-7-15(16-14-6-4-3-5-13(10)14)19-12-8-17(9-12)11(2)18/h3-7,12H,8-9H2,1-2H3. The maximum atomic E-state index is 11.1. The number of carbonyl (C=O) groups excluding carboxylic acids is 1. The van der Waals surface area contributed by atoms with E-state index < -0.39 is 0 Å². The number of hydrogen-bond acceptors (Lipinski definition) is 3. The first-order valence-electron chi connectivity index (χ1n) is 6.42. The fraction of sp³-hybridized carbons (Fsp3) is 0.333. The van der Waals surface area contributed by atoms with Gasteiger partial charge in [0.05, 0.1) is 18.6 Å². The topological polar surface area (TPSA) is 42.4 Å². The average Bonchev–Trinajstić information content (AvgIpc) is 2.33. The van der Waals surface area contributed by atoms with Crippen molar-refractivity contribution >= 4 is 16.8 Å². The molecule has 1 saturated heterocycles. The number of amides is 1. The van der Waals surface area contributed by atoms with Crippen LogP contribution in [0.15, 0.2) is 30.3 Å². The van der Waals surface area contributed by atoms with Crippen LogP contribution in [0.1, 0.15) is 12.5 Å². The molecule has 1 aliphatic heterocycles. The van der Waals surface area contributed by atoms with E-state index in [-0.39, 0.29) is 12.0 Å². The molecule has 2 aromatic rings. The molecule has 1 aliphatic rings. The van der Waals surface area contributed by atoms with Gasteiger partial charge in [-0.1, -0.05) is 18.2 Å². The summed E-state index contributed by atoms with van der Waals surface area (Å²) in [7, 11) is 0. The molecule has 4 nitrogen and oxygen atoms in total. The highest BCUT2D eigenvalue weighted by atomic mass is 16.5. The molecule has 0 radical (unpaired) electrons. The minimum atomic E-state index is 0.0666. The molecule has 98 valence electrons. The minimum Gasteiger partial charge on any atom is -0.471 e. The normalized spacial score (nSPS) is 15.4. The van der Waals surface area contributed by atoms with Crippen molar-refractivity contribution in [1.29, 1.82) is 0 Å². The fourth-order valence-corrected chi connectivity index (χ4v) is 2.32. The Morgan fingerprint density at radius 2 is 2.11 bits per heavy atom. The van der Waals surface area contributed by atoms with Crippen LogP contribution in [0.4, 0.5) is 0 Å². The zero-order valence-corrected chi connectivity index (χ0v) is 11.1. The lowest BCUT2D eigenvalue weighted by atomic mass is 10.1. The molecule has 19 heavy (non-hydrogen) atoms. The van der Waals surface area contributed by atoms with Crippen LogP contribution < -0.4 is 4.74 Å². The number of para-hydroxylation sites is 1. The fourth-order valence-electron chi connectivity index (χ4n) is 2.32. The third-order valence-corrected chi connectivity index (χ3v) is 3.48. The van der Waals surface area contributed by atoms with Crippen molar-refractivity contribution < 1.29 is 9.53 Å². The summed E-state index contributed by atoms with van der Waals surface area (Å²) in [5, 5.41) is 1.15. The monoisotopic (exact) mass is 256 g/mol. The van der Waals surface area contributed by atoms with Crippen molar-refractivity contribution in [2.24, 2.45) is 0 Å². The first kappa shape index (κ1) is 12.0. The molecule has 0 unspecified atom stereocenters. The number of fused-ring (bicyclic) bond motifs is 1. The van der Waals surface area contributed by atoms with E-state index in [0.29, 0.717) is 19.0 Å². The number of rotatable bonds is 2. The molecule has 0 spiro atoms. The van der Waals surface area contributed by atoms with E-state index in [1.54, 1.807) is 11.8 Å². The summed E-state index contributed by atoms with van der Waals surface area (Å²) in [5.41, 5.74) is 2.10. The maximum absolute atomic E-state index is 11.1. The molecule has 1 fully saturated rings. The molecule has 0 atom stereocenters. The summed E-state index contributed by atoms with van der Waals surface area (Å²) in [4.78, 5) is 17.4. The molecule has 1 amide bonds. The van der Waals surface area contributed by atoms with E-state index in [9.17, 15) is 4.79 Å². The van der Waals surface area contributed by atoms with Crippen LogP contribution in [0.2, 0.25) is 0 Å². The third-order valence-electron chi connectivity index (χ3n) is 3.48. The maximum Gasteiger partial charge on any atom is 0.219 e. The number of aryl methyl sites for hydroxylation is 1. The number of ether oxygens (including phenoxy) is 1. The Hall–Kier alpha value is -2.10. The Balaban J connectivity index is 1.77. The molecule has 0 aliphatic carbocycles. The molecule has 4 heteroatoms. The number of benzene rings is 1. The van der Waals surface area contributed by atoms with E-state index >= 15 is 0 Å². The summed E-state index contributed by atoms with van der Waals surface area (Å²) in [6, 6.07) is 9.98. The predicted octanol–water partition coefficient (Wildman–Crippen LogP) is 2.15. The summed E-state index contributed by atoms with van der Waals surface area (Å²) in [5.74, 6) is 0.743. The first-order valence-corrected chi connectivity index (χ1v) is 6.42. The Bertz CT molecular complexity index is 633. The van der Waals surface area contributed by atoms with Crippen molar-refractivity contribution in [2.75, 3.05) is 13.1 Å². The van der Waals surface area contributed by atoms with E-state index in [0.717, 1.165) is 16.5 Å². The van der Waals surface area contributed by atoms with Crippen LogP contribution in [0.25, 0.3) is 10.9 Å². The number of carbonyl (C=O) groups is 1. The number of pyridine rings is 1. The summed E-state index contributed by atoms with van der Waals surface area (Å²) >= 11 is 0. The lowest BCUT2D eigenvalue weighted by Gasteiger charge is -2.38. The molecular weight excluding hydrogens is 240 g/mol. The van der Waals surface area contributed by atoms with Gasteiger partial charge in [0.25, 0.3) is 0 Å². The van der Waals surface area contributed by atoms with Crippen LogP contribution >= 0.6 is 0 Å². The van der Waals surface area contributed by atoms with Crippen LogP contribution in [0.5, 0.6) is 5.88 Å². The van der Waals surface area contributed by atoms with Crippen molar-refractivity contribution in [3.8, 4) is 5.88 Å². The second-order valence-electron chi connectivity index (χ2n) is 4.96. The highest BCUT2D eigenvalue weighted by Crippen LogP contribution is 2.23. The van der Waals surface area contributed by atoms with Gasteiger partial charge in [-0.15, -0.1) is 0 Å². The van der Waals surface area contributed by atoms with E-state index in [1.807, 2.05) is 24.3 Å². The SMILES string of the molecule is CC(=O)N1CC(Oc2cc(C)c3ccccc3n2)C1. The van der Waals surface area contributed by atoms with Gasteiger partial charge in [-0.3, -0.25) is 4.79 Å². The highest BCUT2D eigenvalue weighted by Gasteiger charge is 2.30. The highest BCUT2D eigenvalue weighted by molar-refractivity contribution is 5.82. The van der Waals surface area contributed by atoms with Gasteiger partial charge < -0.3 is 9.64 Å². The van der Waals surface area contributed by atoms with Gasteiger partial charge >= 0.3 is 0 Å². The smallest absolute Gasteiger partial charge is 0.219 e. The van der Waals surface area contributed by atoms with Crippen LogP contribution in [-0.4, -0.2) is 35.0 Å². The van der Waals surface area contributed by atoms with Gasteiger partial charge in [0, 0.05) is 18.4 Å². The third kappa shape index (κ3) is 2.26. The summed E-state index contributed by atoms with van der Waals surface area (Å²) in [6.07, 6.45) is 0.0666. The summed E-state index contributed by atoms with van der Waals surface area (Å²) in [6.45, 7) is 4.94. The molecule has 3 rings (SSSR count). The molecular formula is C15H16N2O2. The Labute approximate surface area is 112 Å². The Morgan fingerprint density at radius 1 is 1.37 bits per heavy atom. The second kappa shape index (κ2) is 4.53. The lowest BCUT2D eigenvalue weighted by molar-refractivity contribution is -0.137. The van der Waals surface area contributed by atoms with Gasteiger partial charge in [0.15, 0.2) is 0 Å². The van der Waals surface area contributed by atoms with Gasteiger partial charge in [-0.05, 0) is 18.6 Å². The van der Waals surface area contributed by atoms with Crippen LogP contribution in [-0.2, 0) is 4.79 Å². The number of hydrogen-bond donors (Lipinski definition) is 0. The second-order valence-corrected chi connectivity index (χ2v) is 4.96. The lowest BCUT2D eigenvalue weighted by Crippen LogP contribution is -2.55. The molecule has 0 bridgehead atoms. The van der Waals surface area contributed by atoms with Gasteiger partial charge in [-0.25, -0.2) is 4.98 Å². The zero-order valence-electron chi connectivity index (χ0n) is 11.1. The van der Waals surface area contributed by atoms with E-state index in [4.69, 9.17) is 4.74 Å². The molecule has 0 saturated carbocycles. The van der Waals surface area contributed by atoms with Crippen LogP contribution in [0, 0.1) is 6.92 Å². The van der Waals surface area contributed by atoms with Gasteiger partial charge in [0.2, 0.25) is 11.8 Å². The average molecular weight is 256 g/mol. The molecule has 2 heterocycles. The number of nitrogens with zero attached hydrogens (tertiary/aromatic N) is 2. The van der Waals surface area contributed by atoms with Gasteiger partial charge in [-0.2, -0.15) is 0 Å². The first-order chi connectivity index (χ1) is 9.13. The van der Waals surface area contributed by atoms with Crippen molar-refractivity contribution in [2.45, 2.75) is 20.0 Å². The van der Waals surface area contributed by atoms with E-state index in [2.05, 4.69) is 18.0 Å². The van der Waals surface area contributed by atoms with Crippen molar-refractivity contribution in [3.63, 3.8) is 0 Å². The Kier molecular flexibility index (Phi) is 2.85. The van der Waals surface area contributed by atoms with E-state index in [1.165, 1.54) is 0 Å². The minimum absolute atomic E-state index is 0.0666. The molecule has 1 aromatic heterocycles. The largest absolute Gasteiger partial charge is 0.471 e. The molecule has 1 aromatic carbocycles. The van der Waals surface area contributed by atoms with Crippen molar-refractivity contribution in [1.82, 2.24) is 9.88 Å². The Morgan fingerprint density at radius 3 is 2.84 bits per heavy atom. The molecule has 0 N–H and O–H groups in total. The van der Waals surface area contributed by atoms with Gasteiger partial charge in [0.1, 0.15) is 6.10 Å². The summed E-state index contributed by atoms with van der Waals surface area (Å²) < 4.78 is 5.81. The van der Waals surface area contributed by atoms with Crippen molar-refractivity contribution in [3.05, 3.63) is 35.9 Å². The number of aromatic nitrogens is 1. The predicted molar refractivity (Wildman–Crippen MR) is 73.2 cm³/mol. The number of likely N-dealkylation sites (tertiary alicyclic amines) is 1. The van der Waals surface area contributed by atoms with Crippen LogP contribution in [0.3, 0.4) is 0 Å².